The summed E-state index contributed by atoms with van der Waals surface area (Å²) in [5, 5.41) is 3.69. The molecule has 0 bridgehead atoms. The summed E-state index contributed by atoms with van der Waals surface area (Å²) >= 11 is 0. The topological polar surface area (TPSA) is 21.3 Å². The van der Waals surface area contributed by atoms with Gasteiger partial charge in [-0.2, -0.15) is 0 Å². The maximum absolute atomic E-state index is 6.62. The van der Waals surface area contributed by atoms with E-state index in [2.05, 4.69) is 49.5 Å². The van der Waals surface area contributed by atoms with Gasteiger partial charge in [-0.15, -0.1) is 0 Å². The monoisotopic (exact) mass is 259 g/mol. The SMILES string of the molecule is CC1CCCC2(CNC(C)C(c3ccccc3)O2)C1. The lowest BCUT2D eigenvalue weighted by atomic mass is 9.77. The molecule has 4 unspecified atom stereocenters. The number of hydrogen-bond acceptors (Lipinski definition) is 2. The van der Waals surface area contributed by atoms with Gasteiger partial charge in [-0.05, 0) is 31.2 Å². The molecule has 4 atom stereocenters. The highest BCUT2D eigenvalue weighted by molar-refractivity contribution is 5.20. The van der Waals surface area contributed by atoms with Crippen LogP contribution >= 0.6 is 0 Å². The molecule has 1 N–H and O–H groups in total. The van der Waals surface area contributed by atoms with E-state index in [1.807, 2.05) is 0 Å². The van der Waals surface area contributed by atoms with Crippen molar-refractivity contribution in [1.29, 1.82) is 0 Å². The minimum Gasteiger partial charge on any atom is -0.364 e. The number of benzene rings is 1. The quantitative estimate of drug-likeness (QED) is 0.830. The summed E-state index contributed by atoms with van der Waals surface area (Å²) in [6.07, 6.45) is 5.27. The van der Waals surface area contributed by atoms with Crippen molar-refractivity contribution in [3.8, 4) is 0 Å². The van der Waals surface area contributed by atoms with Crippen molar-refractivity contribution in [3.05, 3.63) is 35.9 Å². The summed E-state index contributed by atoms with van der Waals surface area (Å²) in [4.78, 5) is 0. The third kappa shape index (κ3) is 2.70. The van der Waals surface area contributed by atoms with Crippen LogP contribution in [0.3, 0.4) is 0 Å². The molecular formula is C17H25NO. The second-order valence-electron chi connectivity index (χ2n) is 6.50. The van der Waals surface area contributed by atoms with Gasteiger partial charge in [0.05, 0.1) is 11.7 Å². The van der Waals surface area contributed by atoms with Gasteiger partial charge in [-0.1, -0.05) is 50.1 Å². The van der Waals surface area contributed by atoms with Crippen LogP contribution in [0.2, 0.25) is 0 Å². The van der Waals surface area contributed by atoms with Crippen LogP contribution in [0.25, 0.3) is 0 Å². The maximum atomic E-state index is 6.62. The predicted molar refractivity (Wildman–Crippen MR) is 78.1 cm³/mol. The predicted octanol–water partition coefficient (Wildman–Crippen LogP) is 3.68. The lowest BCUT2D eigenvalue weighted by Gasteiger charge is -2.48. The fourth-order valence-electron chi connectivity index (χ4n) is 3.75. The van der Waals surface area contributed by atoms with Crippen molar-refractivity contribution < 1.29 is 4.74 Å². The Bertz CT molecular complexity index is 419. The lowest BCUT2D eigenvalue weighted by Crippen LogP contribution is -2.56. The van der Waals surface area contributed by atoms with Gasteiger partial charge < -0.3 is 10.1 Å². The van der Waals surface area contributed by atoms with Gasteiger partial charge in [0.1, 0.15) is 0 Å². The van der Waals surface area contributed by atoms with Gasteiger partial charge in [0.15, 0.2) is 0 Å². The van der Waals surface area contributed by atoms with Gasteiger partial charge in [0, 0.05) is 12.6 Å². The van der Waals surface area contributed by atoms with E-state index in [9.17, 15) is 0 Å². The highest BCUT2D eigenvalue weighted by atomic mass is 16.5. The van der Waals surface area contributed by atoms with Crippen LogP contribution in [-0.4, -0.2) is 18.2 Å². The fourth-order valence-corrected chi connectivity index (χ4v) is 3.75. The van der Waals surface area contributed by atoms with Crippen LogP contribution in [-0.2, 0) is 4.74 Å². The highest BCUT2D eigenvalue weighted by Crippen LogP contribution is 2.41. The van der Waals surface area contributed by atoms with E-state index >= 15 is 0 Å². The van der Waals surface area contributed by atoms with Gasteiger partial charge in [-0.3, -0.25) is 0 Å². The summed E-state index contributed by atoms with van der Waals surface area (Å²) < 4.78 is 6.62. The Morgan fingerprint density at radius 1 is 1.21 bits per heavy atom. The average Bonchev–Trinajstić information content (AvgIpc) is 2.43. The Hall–Kier alpha value is -0.860. The van der Waals surface area contributed by atoms with Crippen LogP contribution in [0.5, 0.6) is 0 Å². The molecule has 1 spiro atoms. The second-order valence-corrected chi connectivity index (χ2v) is 6.50. The Morgan fingerprint density at radius 2 is 2.00 bits per heavy atom. The first-order valence-electron chi connectivity index (χ1n) is 7.65. The molecule has 1 aliphatic heterocycles. The Balaban J connectivity index is 1.81. The Morgan fingerprint density at radius 3 is 2.74 bits per heavy atom. The van der Waals surface area contributed by atoms with Crippen molar-refractivity contribution in [2.75, 3.05) is 6.54 Å². The number of rotatable bonds is 1. The molecule has 0 amide bonds. The summed E-state index contributed by atoms with van der Waals surface area (Å²) in [5.74, 6) is 0.792. The standard InChI is InChI=1S/C17H25NO/c1-13-7-6-10-17(11-13)12-18-14(2)16(19-17)15-8-4-3-5-9-15/h3-5,8-9,13-14,16,18H,6-7,10-12H2,1-2H3. The Labute approximate surface area is 116 Å². The molecule has 1 saturated carbocycles. The molecule has 2 fully saturated rings. The Kier molecular flexibility index (Phi) is 3.64. The highest BCUT2D eigenvalue weighted by Gasteiger charge is 2.42. The van der Waals surface area contributed by atoms with E-state index in [1.54, 1.807) is 0 Å². The molecular weight excluding hydrogens is 234 g/mol. The number of morpholine rings is 1. The molecule has 19 heavy (non-hydrogen) atoms. The molecule has 0 aromatic heterocycles. The molecule has 104 valence electrons. The van der Waals surface area contributed by atoms with E-state index in [-0.39, 0.29) is 11.7 Å². The van der Waals surface area contributed by atoms with Gasteiger partial charge >= 0.3 is 0 Å². The first-order chi connectivity index (χ1) is 9.19. The first kappa shape index (κ1) is 13.1. The molecule has 1 saturated heterocycles. The molecule has 1 aromatic rings. The van der Waals surface area contributed by atoms with Crippen LogP contribution in [0.1, 0.15) is 51.2 Å². The molecule has 3 rings (SSSR count). The van der Waals surface area contributed by atoms with Crippen molar-refractivity contribution in [1.82, 2.24) is 5.32 Å². The largest absolute Gasteiger partial charge is 0.364 e. The summed E-state index contributed by atoms with van der Waals surface area (Å²) in [7, 11) is 0. The summed E-state index contributed by atoms with van der Waals surface area (Å²) in [6.45, 7) is 5.61. The molecule has 1 aromatic carbocycles. The maximum Gasteiger partial charge on any atom is 0.0983 e. The molecule has 2 aliphatic rings. The zero-order valence-corrected chi connectivity index (χ0v) is 12.1. The zero-order valence-electron chi connectivity index (χ0n) is 12.1. The zero-order chi connectivity index (χ0) is 13.3. The van der Waals surface area contributed by atoms with Crippen molar-refractivity contribution in [3.63, 3.8) is 0 Å². The molecule has 2 heteroatoms. The van der Waals surface area contributed by atoms with Crippen molar-refractivity contribution in [2.24, 2.45) is 5.92 Å². The summed E-state index contributed by atoms with van der Waals surface area (Å²) in [6, 6.07) is 11.1. The van der Waals surface area contributed by atoms with E-state index in [0.29, 0.717) is 6.04 Å². The third-order valence-electron chi connectivity index (χ3n) is 4.76. The first-order valence-corrected chi connectivity index (χ1v) is 7.65. The lowest BCUT2D eigenvalue weighted by molar-refractivity contribution is -0.158. The second kappa shape index (κ2) is 5.26. The van der Waals surface area contributed by atoms with E-state index in [4.69, 9.17) is 4.74 Å². The fraction of sp³-hybridized carbons (Fsp3) is 0.647. The third-order valence-corrected chi connectivity index (χ3v) is 4.76. The van der Waals surface area contributed by atoms with E-state index in [1.165, 1.54) is 31.2 Å². The van der Waals surface area contributed by atoms with E-state index < -0.39 is 0 Å². The summed E-state index contributed by atoms with van der Waals surface area (Å²) in [5.41, 5.74) is 1.38. The van der Waals surface area contributed by atoms with Gasteiger partial charge in [0.2, 0.25) is 0 Å². The van der Waals surface area contributed by atoms with Gasteiger partial charge in [-0.25, -0.2) is 0 Å². The minimum absolute atomic E-state index is 0.0741. The molecule has 1 heterocycles. The molecule has 2 nitrogen and oxygen atoms in total. The van der Waals surface area contributed by atoms with Crippen LogP contribution in [0.15, 0.2) is 30.3 Å². The normalized spacial score (nSPS) is 39.4. The van der Waals surface area contributed by atoms with E-state index in [0.717, 1.165) is 12.5 Å². The van der Waals surface area contributed by atoms with Gasteiger partial charge in [0.25, 0.3) is 0 Å². The van der Waals surface area contributed by atoms with Crippen molar-refractivity contribution in [2.45, 2.75) is 57.3 Å². The van der Waals surface area contributed by atoms with Crippen LogP contribution in [0.4, 0.5) is 0 Å². The molecule has 0 radical (unpaired) electrons. The number of hydrogen-bond donors (Lipinski definition) is 1. The number of ether oxygens (including phenoxy) is 1. The number of nitrogens with one attached hydrogen (secondary N) is 1. The molecule has 1 aliphatic carbocycles. The average molecular weight is 259 g/mol. The van der Waals surface area contributed by atoms with Crippen LogP contribution in [0, 0.1) is 5.92 Å². The van der Waals surface area contributed by atoms with Crippen molar-refractivity contribution >= 4 is 0 Å². The van der Waals surface area contributed by atoms with Crippen LogP contribution < -0.4 is 5.32 Å². The minimum atomic E-state index is 0.0741. The smallest absolute Gasteiger partial charge is 0.0983 e.